The summed E-state index contributed by atoms with van der Waals surface area (Å²) in [4.78, 5) is 26.8. The van der Waals surface area contributed by atoms with Gasteiger partial charge >= 0.3 is 11.7 Å². The maximum Gasteiger partial charge on any atom is 0.343 e. The molecule has 0 fully saturated rings. The normalized spacial score (nSPS) is 10.8. The van der Waals surface area contributed by atoms with Crippen LogP contribution in [0.1, 0.15) is 17.3 Å². The number of aromatic nitrogens is 4. The molecular formula is C14H12N4O3S. The Hall–Kier alpha value is -2.74. The number of hydrogen-bond donors (Lipinski definition) is 1. The van der Waals surface area contributed by atoms with E-state index in [-0.39, 0.29) is 22.6 Å². The first-order valence-electron chi connectivity index (χ1n) is 6.59. The highest BCUT2D eigenvalue weighted by Gasteiger charge is 2.17. The minimum atomic E-state index is -0.556. The van der Waals surface area contributed by atoms with Gasteiger partial charge in [0.1, 0.15) is 5.56 Å². The second kappa shape index (κ2) is 5.57. The Morgan fingerprint density at radius 1 is 1.36 bits per heavy atom. The van der Waals surface area contributed by atoms with Crippen LogP contribution in [0.3, 0.4) is 0 Å². The molecule has 2 heterocycles. The molecule has 0 aliphatic rings. The van der Waals surface area contributed by atoms with Crippen LogP contribution in [0.15, 0.2) is 41.3 Å². The maximum atomic E-state index is 12.3. The summed E-state index contributed by atoms with van der Waals surface area (Å²) < 4.78 is 7.74. The fourth-order valence-corrected chi connectivity index (χ4v) is 2.44. The quantitative estimate of drug-likeness (QED) is 0.588. The standard InChI is InChI=1S/C14H12N4O3S/c1-2-21-12(19)10-8-15-18-11(10)16-13(20)17(14(18)22)9-6-4-3-5-7-9/h3-8H,2H2,1H3,(H,16,20). The van der Waals surface area contributed by atoms with E-state index in [9.17, 15) is 9.59 Å². The van der Waals surface area contributed by atoms with Gasteiger partial charge in [0.2, 0.25) is 4.77 Å². The average molecular weight is 316 g/mol. The van der Waals surface area contributed by atoms with Gasteiger partial charge < -0.3 is 4.74 Å². The summed E-state index contributed by atoms with van der Waals surface area (Å²) in [5, 5.41) is 4.07. The zero-order valence-corrected chi connectivity index (χ0v) is 12.5. The number of hydrogen-bond acceptors (Lipinski definition) is 5. The number of H-pyrrole nitrogens is 1. The molecule has 22 heavy (non-hydrogen) atoms. The lowest BCUT2D eigenvalue weighted by Gasteiger charge is -2.07. The Labute approximate surface area is 129 Å². The highest BCUT2D eigenvalue weighted by Crippen LogP contribution is 2.11. The van der Waals surface area contributed by atoms with Crippen LogP contribution in [-0.4, -0.2) is 31.7 Å². The van der Waals surface area contributed by atoms with Crippen molar-refractivity contribution in [2.24, 2.45) is 0 Å². The molecule has 1 N–H and O–H groups in total. The van der Waals surface area contributed by atoms with Crippen LogP contribution in [0.4, 0.5) is 0 Å². The van der Waals surface area contributed by atoms with Crippen molar-refractivity contribution in [2.75, 3.05) is 6.61 Å². The number of fused-ring (bicyclic) bond motifs is 1. The lowest BCUT2D eigenvalue weighted by Crippen LogP contribution is -2.25. The summed E-state index contributed by atoms with van der Waals surface area (Å²) in [7, 11) is 0. The number of ether oxygens (including phenoxy) is 1. The van der Waals surface area contributed by atoms with E-state index in [1.807, 2.05) is 6.07 Å². The van der Waals surface area contributed by atoms with Crippen LogP contribution in [-0.2, 0) is 4.74 Å². The second-order valence-corrected chi connectivity index (χ2v) is 4.79. The van der Waals surface area contributed by atoms with Crippen molar-refractivity contribution >= 4 is 23.8 Å². The summed E-state index contributed by atoms with van der Waals surface area (Å²) in [5.41, 5.74) is 0.560. The molecule has 2 aromatic heterocycles. The second-order valence-electron chi connectivity index (χ2n) is 4.42. The van der Waals surface area contributed by atoms with Crippen LogP contribution in [0.25, 0.3) is 11.3 Å². The fraction of sp³-hybridized carbons (Fsp3) is 0.143. The Kier molecular flexibility index (Phi) is 3.60. The van der Waals surface area contributed by atoms with E-state index in [1.165, 1.54) is 15.3 Å². The molecular weight excluding hydrogens is 304 g/mol. The van der Waals surface area contributed by atoms with Gasteiger partial charge in [-0.25, -0.2) is 14.2 Å². The van der Waals surface area contributed by atoms with Gasteiger partial charge in [-0.05, 0) is 31.3 Å². The molecule has 112 valence electrons. The number of nitrogens with zero attached hydrogens (tertiary/aromatic N) is 3. The van der Waals surface area contributed by atoms with E-state index in [0.717, 1.165) is 0 Å². The summed E-state index contributed by atoms with van der Waals surface area (Å²) >= 11 is 5.32. The molecule has 0 bridgehead atoms. The zero-order valence-electron chi connectivity index (χ0n) is 11.6. The minimum absolute atomic E-state index is 0.167. The predicted molar refractivity (Wildman–Crippen MR) is 81.9 cm³/mol. The first-order valence-corrected chi connectivity index (χ1v) is 7.00. The summed E-state index contributed by atoms with van der Waals surface area (Å²) in [5.74, 6) is -0.556. The van der Waals surface area contributed by atoms with E-state index in [2.05, 4.69) is 10.1 Å². The molecule has 0 aliphatic heterocycles. The number of para-hydroxylation sites is 1. The summed E-state index contributed by atoms with van der Waals surface area (Å²) in [6.07, 6.45) is 1.33. The number of carbonyl (C=O) groups excluding carboxylic acids is 1. The number of aromatic amines is 1. The van der Waals surface area contributed by atoms with Gasteiger partial charge in [-0.15, -0.1) is 0 Å². The van der Waals surface area contributed by atoms with Crippen LogP contribution in [0.5, 0.6) is 0 Å². The predicted octanol–water partition coefficient (Wildman–Crippen LogP) is 1.72. The van der Waals surface area contributed by atoms with Crippen molar-refractivity contribution in [2.45, 2.75) is 6.92 Å². The van der Waals surface area contributed by atoms with Crippen molar-refractivity contribution in [1.29, 1.82) is 0 Å². The Balaban J connectivity index is 2.27. The molecule has 1 aromatic carbocycles. The van der Waals surface area contributed by atoms with Crippen molar-refractivity contribution < 1.29 is 9.53 Å². The third kappa shape index (κ3) is 2.23. The lowest BCUT2D eigenvalue weighted by atomic mass is 10.3. The first-order chi connectivity index (χ1) is 10.6. The Bertz CT molecular complexity index is 956. The average Bonchev–Trinajstić information content (AvgIpc) is 2.92. The van der Waals surface area contributed by atoms with E-state index in [4.69, 9.17) is 17.0 Å². The highest BCUT2D eigenvalue weighted by molar-refractivity contribution is 7.71. The third-order valence-corrected chi connectivity index (χ3v) is 3.44. The van der Waals surface area contributed by atoms with E-state index in [1.54, 1.807) is 31.2 Å². The molecule has 0 spiro atoms. The van der Waals surface area contributed by atoms with Gasteiger partial charge in [-0.2, -0.15) is 9.61 Å². The van der Waals surface area contributed by atoms with Crippen LogP contribution in [0.2, 0.25) is 0 Å². The zero-order chi connectivity index (χ0) is 15.7. The maximum absolute atomic E-state index is 12.3. The van der Waals surface area contributed by atoms with Gasteiger partial charge in [0.15, 0.2) is 5.65 Å². The Morgan fingerprint density at radius 2 is 2.09 bits per heavy atom. The monoisotopic (exact) mass is 316 g/mol. The van der Waals surface area contributed by atoms with Gasteiger partial charge in [0.25, 0.3) is 0 Å². The van der Waals surface area contributed by atoms with E-state index < -0.39 is 11.7 Å². The van der Waals surface area contributed by atoms with Crippen molar-refractivity contribution in [3.8, 4) is 5.69 Å². The van der Waals surface area contributed by atoms with Crippen LogP contribution < -0.4 is 5.69 Å². The SMILES string of the molecule is CCOC(=O)c1cnn2c(=S)n(-c3ccccc3)c(=O)[nH]c12. The molecule has 0 atom stereocenters. The van der Waals surface area contributed by atoms with E-state index >= 15 is 0 Å². The molecule has 0 radical (unpaired) electrons. The molecule has 0 saturated heterocycles. The summed E-state index contributed by atoms with van der Waals surface area (Å²) in [6, 6.07) is 8.95. The molecule has 7 nitrogen and oxygen atoms in total. The number of esters is 1. The molecule has 3 aromatic rings. The topological polar surface area (TPSA) is 81.4 Å². The van der Waals surface area contributed by atoms with Gasteiger partial charge in [-0.1, -0.05) is 18.2 Å². The minimum Gasteiger partial charge on any atom is -0.462 e. The first kappa shape index (κ1) is 14.2. The van der Waals surface area contributed by atoms with Gasteiger partial charge in [0, 0.05) is 0 Å². The number of rotatable bonds is 3. The van der Waals surface area contributed by atoms with E-state index in [0.29, 0.717) is 5.69 Å². The third-order valence-electron chi connectivity index (χ3n) is 3.08. The number of carbonyl (C=O) groups is 1. The van der Waals surface area contributed by atoms with Crippen molar-refractivity contribution in [3.05, 3.63) is 57.3 Å². The fourth-order valence-electron chi connectivity index (χ4n) is 2.12. The smallest absolute Gasteiger partial charge is 0.343 e. The van der Waals surface area contributed by atoms with Crippen LogP contribution >= 0.6 is 12.2 Å². The van der Waals surface area contributed by atoms with Crippen LogP contribution in [0, 0.1) is 4.77 Å². The number of benzene rings is 1. The molecule has 8 heteroatoms. The molecule has 0 amide bonds. The molecule has 3 rings (SSSR count). The lowest BCUT2D eigenvalue weighted by molar-refractivity contribution is 0.0528. The van der Waals surface area contributed by atoms with Crippen molar-refractivity contribution in [1.82, 2.24) is 19.2 Å². The highest BCUT2D eigenvalue weighted by atomic mass is 32.1. The largest absolute Gasteiger partial charge is 0.462 e. The number of nitrogens with one attached hydrogen (secondary N) is 1. The van der Waals surface area contributed by atoms with Gasteiger partial charge in [-0.3, -0.25) is 4.98 Å². The Morgan fingerprint density at radius 3 is 2.77 bits per heavy atom. The molecule has 0 saturated carbocycles. The van der Waals surface area contributed by atoms with Crippen molar-refractivity contribution in [3.63, 3.8) is 0 Å². The molecule has 0 aliphatic carbocycles. The molecule has 0 unspecified atom stereocenters. The summed E-state index contributed by atoms with van der Waals surface area (Å²) in [6.45, 7) is 1.94. The van der Waals surface area contributed by atoms with Gasteiger partial charge in [0.05, 0.1) is 18.5 Å².